The average molecular weight is 280 g/mol. The summed E-state index contributed by atoms with van der Waals surface area (Å²) < 4.78 is 25.4. The maximum Gasteiger partial charge on any atom is 0.240 e. The van der Waals surface area contributed by atoms with E-state index in [4.69, 9.17) is 0 Å². The van der Waals surface area contributed by atoms with Crippen molar-refractivity contribution in [2.24, 2.45) is 0 Å². The second-order valence-electron chi connectivity index (χ2n) is 3.94. The van der Waals surface area contributed by atoms with Gasteiger partial charge in [0.15, 0.2) is 0 Å². The molecule has 6 nitrogen and oxygen atoms in total. The summed E-state index contributed by atoms with van der Waals surface area (Å²) in [6.07, 6.45) is 4.28. The summed E-state index contributed by atoms with van der Waals surface area (Å²) in [5.74, 6) is 0.918. The van der Waals surface area contributed by atoms with Crippen molar-refractivity contribution in [3.05, 3.63) is 42.5 Å². The van der Waals surface area contributed by atoms with Gasteiger partial charge in [0.25, 0.3) is 0 Å². The zero-order valence-electron chi connectivity index (χ0n) is 10.6. The number of imidazole rings is 1. The van der Waals surface area contributed by atoms with Crippen molar-refractivity contribution >= 4 is 15.7 Å². The van der Waals surface area contributed by atoms with E-state index in [9.17, 15) is 8.42 Å². The molecular weight excluding hydrogens is 264 g/mol. The van der Waals surface area contributed by atoms with E-state index >= 15 is 0 Å². The summed E-state index contributed by atoms with van der Waals surface area (Å²) in [7, 11) is -1.97. The minimum atomic E-state index is -3.36. The molecule has 0 unspecified atom stereocenters. The molecule has 0 bridgehead atoms. The first-order valence-electron chi connectivity index (χ1n) is 5.87. The first-order chi connectivity index (χ1) is 9.12. The van der Waals surface area contributed by atoms with Crippen molar-refractivity contribution in [3.8, 4) is 0 Å². The number of H-pyrrole nitrogens is 1. The van der Waals surface area contributed by atoms with Crippen molar-refractivity contribution < 1.29 is 8.42 Å². The molecule has 0 amide bonds. The number of benzene rings is 1. The Bertz CT molecular complexity index is 606. The third-order valence-electron chi connectivity index (χ3n) is 2.68. The number of hydrogen-bond donors (Lipinski definition) is 3. The van der Waals surface area contributed by atoms with Crippen LogP contribution in [0.1, 0.15) is 5.82 Å². The highest BCUT2D eigenvalue weighted by molar-refractivity contribution is 7.89. The lowest BCUT2D eigenvalue weighted by atomic mass is 10.3. The zero-order valence-corrected chi connectivity index (χ0v) is 11.4. The van der Waals surface area contributed by atoms with Gasteiger partial charge in [0.1, 0.15) is 5.82 Å². The largest absolute Gasteiger partial charge is 0.385 e. The molecule has 0 spiro atoms. The van der Waals surface area contributed by atoms with Gasteiger partial charge >= 0.3 is 0 Å². The van der Waals surface area contributed by atoms with Gasteiger partial charge in [-0.2, -0.15) is 0 Å². The molecule has 19 heavy (non-hydrogen) atoms. The van der Waals surface area contributed by atoms with Gasteiger partial charge in [-0.05, 0) is 31.3 Å². The Morgan fingerprint density at radius 3 is 2.58 bits per heavy atom. The number of hydrogen-bond acceptors (Lipinski definition) is 4. The van der Waals surface area contributed by atoms with Gasteiger partial charge in [-0.3, -0.25) is 0 Å². The lowest BCUT2D eigenvalue weighted by molar-refractivity contribution is 0.588. The highest BCUT2D eigenvalue weighted by Gasteiger charge is 2.10. The standard InChI is InChI=1S/C12H16N4O2S/c1-13-19(17,18)11-4-2-10(3-5-11)14-7-6-12-15-8-9-16-12/h2-5,8-9,13-14H,6-7H2,1H3,(H,15,16). The van der Waals surface area contributed by atoms with Gasteiger partial charge in [-0.25, -0.2) is 18.1 Å². The Morgan fingerprint density at radius 2 is 2.00 bits per heavy atom. The number of aromatic amines is 1. The van der Waals surface area contributed by atoms with Crippen molar-refractivity contribution in [1.29, 1.82) is 0 Å². The van der Waals surface area contributed by atoms with Crippen LogP contribution in [0.15, 0.2) is 41.6 Å². The van der Waals surface area contributed by atoms with Crippen LogP contribution in [0.4, 0.5) is 5.69 Å². The first-order valence-corrected chi connectivity index (χ1v) is 7.36. The lowest BCUT2D eigenvalue weighted by Gasteiger charge is -2.07. The topological polar surface area (TPSA) is 86.9 Å². The van der Waals surface area contributed by atoms with Gasteiger partial charge in [-0.15, -0.1) is 0 Å². The predicted molar refractivity (Wildman–Crippen MR) is 73.5 cm³/mol. The molecule has 3 N–H and O–H groups in total. The zero-order chi connectivity index (χ0) is 13.7. The molecule has 0 aliphatic rings. The highest BCUT2D eigenvalue weighted by Crippen LogP contribution is 2.13. The summed E-state index contributed by atoms with van der Waals surface area (Å²) >= 11 is 0. The number of aromatic nitrogens is 2. The Labute approximate surface area is 112 Å². The molecule has 0 saturated heterocycles. The molecule has 0 aliphatic carbocycles. The first kappa shape index (κ1) is 13.6. The molecule has 0 saturated carbocycles. The summed E-state index contributed by atoms with van der Waals surface area (Å²) in [5, 5.41) is 3.20. The molecule has 1 aromatic carbocycles. The number of nitrogens with zero attached hydrogens (tertiary/aromatic N) is 1. The Balaban J connectivity index is 1.92. The summed E-state index contributed by atoms with van der Waals surface area (Å²) in [6, 6.07) is 6.63. The van der Waals surface area contributed by atoms with E-state index in [0.717, 1.165) is 24.5 Å². The van der Waals surface area contributed by atoms with Crippen LogP contribution < -0.4 is 10.0 Å². The SMILES string of the molecule is CNS(=O)(=O)c1ccc(NCCc2ncc[nH]2)cc1. The maximum absolute atomic E-state index is 11.5. The van der Waals surface area contributed by atoms with Gasteiger partial charge in [0.05, 0.1) is 4.90 Å². The molecule has 0 atom stereocenters. The number of nitrogens with one attached hydrogen (secondary N) is 3. The molecule has 0 radical (unpaired) electrons. The quantitative estimate of drug-likeness (QED) is 0.736. The molecule has 1 heterocycles. The number of rotatable bonds is 6. The minimum absolute atomic E-state index is 0.256. The van der Waals surface area contributed by atoms with Crippen LogP contribution in [0.3, 0.4) is 0 Å². The van der Waals surface area contributed by atoms with Crippen molar-refractivity contribution in [3.63, 3.8) is 0 Å². The Hall–Kier alpha value is -1.86. The average Bonchev–Trinajstić information content (AvgIpc) is 2.92. The fraction of sp³-hybridized carbons (Fsp3) is 0.250. The molecule has 2 aromatic rings. The van der Waals surface area contributed by atoms with Gasteiger partial charge in [0.2, 0.25) is 10.0 Å². The summed E-state index contributed by atoms with van der Waals surface area (Å²) in [6.45, 7) is 0.728. The second kappa shape index (κ2) is 5.85. The third kappa shape index (κ3) is 3.55. The van der Waals surface area contributed by atoms with E-state index in [1.54, 1.807) is 36.7 Å². The van der Waals surface area contributed by atoms with E-state index < -0.39 is 10.0 Å². The van der Waals surface area contributed by atoms with E-state index in [-0.39, 0.29) is 4.90 Å². The van der Waals surface area contributed by atoms with Crippen molar-refractivity contribution in [2.75, 3.05) is 18.9 Å². The lowest BCUT2D eigenvalue weighted by Crippen LogP contribution is -2.18. The Kier molecular flexibility index (Phi) is 4.18. The van der Waals surface area contributed by atoms with Crippen LogP contribution in [0.2, 0.25) is 0 Å². The fourth-order valence-electron chi connectivity index (χ4n) is 1.63. The van der Waals surface area contributed by atoms with Crippen LogP contribution in [-0.2, 0) is 16.4 Å². The molecule has 7 heteroatoms. The molecule has 2 rings (SSSR count). The molecular formula is C12H16N4O2S. The second-order valence-corrected chi connectivity index (χ2v) is 5.83. The van der Waals surface area contributed by atoms with Crippen LogP contribution in [-0.4, -0.2) is 32.0 Å². The van der Waals surface area contributed by atoms with E-state index in [1.165, 1.54) is 7.05 Å². The van der Waals surface area contributed by atoms with Crippen LogP contribution in [0, 0.1) is 0 Å². The maximum atomic E-state index is 11.5. The minimum Gasteiger partial charge on any atom is -0.385 e. The Morgan fingerprint density at radius 1 is 1.26 bits per heavy atom. The van der Waals surface area contributed by atoms with E-state index in [2.05, 4.69) is 20.0 Å². The van der Waals surface area contributed by atoms with E-state index in [1.807, 2.05) is 0 Å². The van der Waals surface area contributed by atoms with Crippen LogP contribution in [0.25, 0.3) is 0 Å². The van der Waals surface area contributed by atoms with E-state index in [0.29, 0.717) is 0 Å². The third-order valence-corrected chi connectivity index (χ3v) is 4.11. The highest BCUT2D eigenvalue weighted by atomic mass is 32.2. The summed E-state index contributed by atoms with van der Waals surface area (Å²) in [5.41, 5.74) is 0.876. The monoisotopic (exact) mass is 280 g/mol. The number of sulfonamides is 1. The van der Waals surface area contributed by atoms with Gasteiger partial charge < -0.3 is 10.3 Å². The van der Waals surface area contributed by atoms with Crippen LogP contribution in [0.5, 0.6) is 0 Å². The van der Waals surface area contributed by atoms with Crippen molar-refractivity contribution in [2.45, 2.75) is 11.3 Å². The molecule has 0 aliphatic heterocycles. The smallest absolute Gasteiger partial charge is 0.240 e. The molecule has 1 aromatic heterocycles. The molecule has 0 fully saturated rings. The summed E-state index contributed by atoms with van der Waals surface area (Å²) in [4.78, 5) is 7.40. The number of anilines is 1. The van der Waals surface area contributed by atoms with Crippen LogP contribution >= 0.6 is 0 Å². The predicted octanol–water partition coefficient (Wildman–Crippen LogP) is 0.972. The van der Waals surface area contributed by atoms with Gasteiger partial charge in [-0.1, -0.05) is 0 Å². The normalized spacial score (nSPS) is 11.4. The molecule has 102 valence electrons. The van der Waals surface area contributed by atoms with Gasteiger partial charge in [0, 0.05) is 31.0 Å². The van der Waals surface area contributed by atoms with Crippen molar-refractivity contribution in [1.82, 2.24) is 14.7 Å². The fourth-order valence-corrected chi connectivity index (χ4v) is 2.36.